The van der Waals surface area contributed by atoms with Crippen LogP contribution in [0.2, 0.25) is 0 Å². The molecule has 0 aromatic carbocycles. The number of hydrogen-bond donors (Lipinski definition) is 0. The van der Waals surface area contributed by atoms with Crippen LogP contribution in [0.4, 0.5) is 0 Å². The minimum atomic E-state index is -0.445. The third-order valence-electron chi connectivity index (χ3n) is 1.24. The monoisotopic (exact) mass is 154 g/mol. The van der Waals surface area contributed by atoms with E-state index in [0.29, 0.717) is 12.0 Å². The Morgan fingerprint density at radius 1 is 1.82 bits per heavy atom. The minimum Gasteiger partial charge on any atom is -0.462 e. The molecule has 0 radical (unpaired) electrons. The zero-order valence-corrected chi connectivity index (χ0v) is 6.37. The van der Waals surface area contributed by atoms with Crippen molar-refractivity contribution in [3.63, 3.8) is 0 Å². The topological polar surface area (TPSA) is 35.5 Å². The highest BCUT2D eigenvalue weighted by molar-refractivity contribution is 5.87. The predicted octanol–water partition coefficient (Wildman–Crippen LogP) is 1.37. The third-order valence-corrected chi connectivity index (χ3v) is 1.24. The molecule has 0 bridgehead atoms. The number of ether oxygens (including phenoxy) is 2. The Kier molecular flexibility index (Phi) is 2.31. The van der Waals surface area contributed by atoms with Gasteiger partial charge in [0.2, 0.25) is 6.29 Å². The van der Waals surface area contributed by atoms with Gasteiger partial charge in [0.15, 0.2) is 0 Å². The van der Waals surface area contributed by atoms with Crippen molar-refractivity contribution in [2.24, 2.45) is 0 Å². The fourth-order valence-electron chi connectivity index (χ4n) is 0.661. The van der Waals surface area contributed by atoms with Gasteiger partial charge in [-0.25, -0.2) is 4.79 Å². The van der Waals surface area contributed by atoms with Gasteiger partial charge < -0.3 is 9.47 Å². The summed E-state index contributed by atoms with van der Waals surface area (Å²) in [5.74, 6) is -0.404. The number of rotatable bonds is 2. The minimum absolute atomic E-state index is 0.389. The van der Waals surface area contributed by atoms with E-state index in [9.17, 15) is 4.79 Å². The number of esters is 1. The van der Waals surface area contributed by atoms with Gasteiger partial charge in [-0.3, -0.25) is 0 Å². The Bertz CT molecular complexity index is 197. The fraction of sp³-hybridized carbons (Fsp3) is 0.375. The molecule has 0 aliphatic carbocycles. The third kappa shape index (κ3) is 2.11. The first kappa shape index (κ1) is 7.85. The van der Waals surface area contributed by atoms with Crippen molar-refractivity contribution >= 4 is 5.97 Å². The molecule has 0 aromatic heterocycles. The molecular formula is C8H10O3. The predicted molar refractivity (Wildman–Crippen MR) is 39.5 cm³/mol. The lowest BCUT2D eigenvalue weighted by atomic mass is 10.3. The molecule has 0 spiro atoms. The molecule has 1 aliphatic heterocycles. The van der Waals surface area contributed by atoms with Crippen LogP contribution in [0.3, 0.4) is 0 Å². The maximum absolute atomic E-state index is 10.9. The molecule has 0 N–H and O–H groups in total. The van der Waals surface area contributed by atoms with Crippen LogP contribution in [0.5, 0.6) is 0 Å². The van der Waals surface area contributed by atoms with Gasteiger partial charge in [0.05, 0.1) is 6.26 Å². The lowest BCUT2D eigenvalue weighted by Crippen LogP contribution is -2.16. The highest BCUT2D eigenvalue weighted by Gasteiger charge is 2.16. The summed E-state index contributed by atoms with van der Waals surface area (Å²) in [6, 6.07) is 0. The molecule has 3 nitrogen and oxygen atoms in total. The summed E-state index contributed by atoms with van der Waals surface area (Å²) in [5, 5.41) is 0. The SMILES string of the molecule is C=C(C)C(=O)OC1CC=CO1. The van der Waals surface area contributed by atoms with Crippen LogP contribution < -0.4 is 0 Å². The summed E-state index contributed by atoms with van der Waals surface area (Å²) in [6.45, 7) is 5.05. The van der Waals surface area contributed by atoms with Crippen LogP contribution >= 0.6 is 0 Å². The van der Waals surface area contributed by atoms with Gasteiger partial charge in [-0.05, 0) is 13.0 Å². The summed E-state index contributed by atoms with van der Waals surface area (Å²) in [4.78, 5) is 10.9. The van der Waals surface area contributed by atoms with Crippen molar-refractivity contribution in [3.8, 4) is 0 Å². The summed E-state index contributed by atoms with van der Waals surface area (Å²) >= 11 is 0. The quantitative estimate of drug-likeness (QED) is 0.445. The fourth-order valence-corrected chi connectivity index (χ4v) is 0.661. The summed E-state index contributed by atoms with van der Waals surface area (Å²) in [6.07, 6.45) is 3.50. The average molecular weight is 154 g/mol. The Morgan fingerprint density at radius 3 is 3.00 bits per heavy atom. The second-order valence-corrected chi connectivity index (χ2v) is 2.36. The van der Waals surface area contributed by atoms with Crippen molar-refractivity contribution in [1.29, 1.82) is 0 Å². The lowest BCUT2D eigenvalue weighted by Gasteiger charge is -2.10. The van der Waals surface area contributed by atoms with Crippen molar-refractivity contribution in [1.82, 2.24) is 0 Å². The van der Waals surface area contributed by atoms with E-state index in [4.69, 9.17) is 9.47 Å². The molecule has 1 unspecified atom stereocenters. The first-order valence-electron chi connectivity index (χ1n) is 3.37. The van der Waals surface area contributed by atoms with E-state index < -0.39 is 12.3 Å². The van der Waals surface area contributed by atoms with E-state index in [-0.39, 0.29) is 0 Å². The van der Waals surface area contributed by atoms with Crippen molar-refractivity contribution in [2.75, 3.05) is 0 Å². The molecule has 0 saturated heterocycles. The number of carbonyl (C=O) groups excluding carboxylic acids is 1. The average Bonchev–Trinajstić information content (AvgIpc) is 2.39. The van der Waals surface area contributed by atoms with E-state index in [1.165, 1.54) is 6.26 Å². The molecule has 11 heavy (non-hydrogen) atoms. The summed E-state index contributed by atoms with van der Waals surface area (Å²) < 4.78 is 9.76. The Labute approximate surface area is 65.3 Å². The summed E-state index contributed by atoms with van der Waals surface area (Å²) in [7, 11) is 0. The normalized spacial score (nSPS) is 21.0. The second kappa shape index (κ2) is 3.23. The van der Waals surface area contributed by atoms with Gasteiger partial charge in [-0.1, -0.05) is 6.58 Å². The van der Waals surface area contributed by atoms with Crippen LogP contribution in [-0.4, -0.2) is 12.3 Å². The Balaban J connectivity index is 2.31. The number of hydrogen-bond acceptors (Lipinski definition) is 3. The Hall–Kier alpha value is -1.25. The smallest absolute Gasteiger partial charge is 0.336 e. The first-order chi connectivity index (χ1) is 5.20. The van der Waals surface area contributed by atoms with Crippen LogP contribution in [0.25, 0.3) is 0 Å². The molecule has 0 aromatic rings. The summed E-state index contributed by atoms with van der Waals surface area (Å²) in [5.41, 5.74) is 0.389. The van der Waals surface area contributed by atoms with Gasteiger partial charge in [0.1, 0.15) is 0 Å². The second-order valence-electron chi connectivity index (χ2n) is 2.36. The molecule has 1 aliphatic rings. The molecule has 0 amide bonds. The maximum Gasteiger partial charge on any atom is 0.336 e. The molecule has 1 atom stereocenters. The molecule has 3 heteroatoms. The Morgan fingerprint density at radius 2 is 2.55 bits per heavy atom. The van der Waals surface area contributed by atoms with Gasteiger partial charge in [-0.2, -0.15) is 0 Å². The van der Waals surface area contributed by atoms with E-state index in [0.717, 1.165) is 0 Å². The van der Waals surface area contributed by atoms with Crippen molar-refractivity contribution < 1.29 is 14.3 Å². The van der Waals surface area contributed by atoms with Crippen molar-refractivity contribution in [2.45, 2.75) is 19.6 Å². The molecule has 0 saturated carbocycles. The first-order valence-corrected chi connectivity index (χ1v) is 3.37. The van der Waals surface area contributed by atoms with Crippen LogP contribution in [0, 0.1) is 0 Å². The zero-order valence-electron chi connectivity index (χ0n) is 6.37. The van der Waals surface area contributed by atoms with Gasteiger partial charge >= 0.3 is 5.97 Å². The molecular weight excluding hydrogens is 144 g/mol. The molecule has 60 valence electrons. The van der Waals surface area contributed by atoms with E-state index >= 15 is 0 Å². The largest absolute Gasteiger partial charge is 0.462 e. The van der Waals surface area contributed by atoms with E-state index in [1.54, 1.807) is 13.0 Å². The van der Waals surface area contributed by atoms with Crippen LogP contribution in [-0.2, 0) is 14.3 Å². The van der Waals surface area contributed by atoms with Gasteiger partial charge in [-0.15, -0.1) is 0 Å². The molecule has 1 heterocycles. The standard InChI is InChI=1S/C8H10O3/c1-6(2)8(9)11-7-4-3-5-10-7/h3,5,7H,1,4H2,2H3. The number of carbonyl (C=O) groups is 1. The van der Waals surface area contributed by atoms with Crippen molar-refractivity contribution in [3.05, 3.63) is 24.5 Å². The van der Waals surface area contributed by atoms with E-state index in [2.05, 4.69) is 6.58 Å². The van der Waals surface area contributed by atoms with Crippen LogP contribution in [0.15, 0.2) is 24.5 Å². The maximum atomic E-state index is 10.9. The van der Waals surface area contributed by atoms with Gasteiger partial charge in [0, 0.05) is 12.0 Å². The van der Waals surface area contributed by atoms with E-state index in [1.807, 2.05) is 0 Å². The van der Waals surface area contributed by atoms with Crippen LogP contribution in [0.1, 0.15) is 13.3 Å². The highest BCUT2D eigenvalue weighted by atomic mass is 16.7. The zero-order chi connectivity index (χ0) is 8.27. The molecule has 1 rings (SSSR count). The van der Waals surface area contributed by atoms with Gasteiger partial charge in [0.25, 0.3) is 0 Å². The lowest BCUT2D eigenvalue weighted by molar-refractivity contribution is -0.160. The molecule has 0 fully saturated rings. The highest BCUT2D eigenvalue weighted by Crippen LogP contribution is 2.11.